The van der Waals surface area contributed by atoms with Gasteiger partial charge in [-0.3, -0.25) is 0 Å². The van der Waals surface area contributed by atoms with E-state index < -0.39 is 0 Å². The maximum atomic E-state index is 2.37. The van der Waals surface area contributed by atoms with Gasteiger partial charge in [-0.2, -0.15) is 0 Å². The summed E-state index contributed by atoms with van der Waals surface area (Å²) in [6, 6.07) is 6.66. The first-order valence-corrected chi connectivity index (χ1v) is 4.36. The van der Waals surface area contributed by atoms with Crippen LogP contribution in [0, 0.1) is 0 Å². The Labute approximate surface area is 68.9 Å². The predicted molar refractivity (Wildman–Crippen MR) is 49.7 cm³/mol. The molecule has 1 aromatic rings. The Hall–Kier alpha value is -0.715. The van der Waals surface area contributed by atoms with Crippen LogP contribution in [0.5, 0.6) is 0 Å². The summed E-state index contributed by atoms with van der Waals surface area (Å²) in [6.07, 6.45) is 3.66. The number of aryl methyl sites for hydroxylation is 2. The normalized spacial score (nSPS) is 14.3. The van der Waals surface area contributed by atoms with Crippen LogP contribution in [-0.2, 0) is 12.8 Å². The van der Waals surface area contributed by atoms with E-state index in [1.807, 2.05) is 0 Å². The Bertz CT molecular complexity index is 266. The molecule has 1 radical (unpaired) electrons. The van der Waals surface area contributed by atoms with Crippen LogP contribution in [0.1, 0.15) is 18.1 Å². The fourth-order valence-corrected chi connectivity index (χ4v) is 1.83. The molecule has 0 N–H and O–H groups in total. The van der Waals surface area contributed by atoms with E-state index in [1.165, 1.54) is 30.2 Å². The predicted octanol–water partition coefficient (Wildman–Crippen LogP) is 1.55. The minimum absolute atomic E-state index is 1.17. The van der Waals surface area contributed by atoms with Crippen molar-refractivity contribution in [2.45, 2.75) is 26.1 Å². The van der Waals surface area contributed by atoms with E-state index in [-0.39, 0.29) is 0 Å². The van der Waals surface area contributed by atoms with E-state index in [9.17, 15) is 0 Å². The standard InChI is InChI=1S/C10H12B/c1-2-8-4-3-5-9-6-7-11-10(8)9/h3-5H,2,6-7H2,1H3. The van der Waals surface area contributed by atoms with Crippen LogP contribution >= 0.6 is 0 Å². The summed E-state index contributed by atoms with van der Waals surface area (Å²) in [6.45, 7) is 2.22. The molecule has 1 heterocycles. The highest BCUT2D eigenvalue weighted by atomic mass is 14.1. The summed E-state index contributed by atoms with van der Waals surface area (Å²) >= 11 is 0. The van der Waals surface area contributed by atoms with Gasteiger partial charge in [0.25, 0.3) is 0 Å². The van der Waals surface area contributed by atoms with Gasteiger partial charge in [0.15, 0.2) is 7.28 Å². The van der Waals surface area contributed by atoms with E-state index in [0.29, 0.717) is 0 Å². The number of benzene rings is 1. The van der Waals surface area contributed by atoms with Crippen molar-refractivity contribution < 1.29 is 0 Å². The molecule has 0 amide bonds. The zero-order valence-electron chi connectivity index (χ0n) is 6.93. The van der Waals surface area contributed by atoms with Crippen molar-refractivity contribution in [2.75, 3.05) is 0 Å². The van der Waals surface area contributed by atoms with Gasteiger partial charge in [-0.05, 0) is 12.8 Å². The average Bonchev–Trinajstić information content (AvgIpc) is 2.50. The zero-order chi connectivity index (χ0) is 7.68. The third-order valence-electron chi connectivity index (χ3n) is 2.43. The average molecular weight is 143 g/mol. The highest BCUT2D eigenvalue weighted by Crippen LogP contribution is 2.11. The van der Waals surface area contributed by atoms with Crippen molar-refractivity contribution in [3.63, 3.8) is 0 Å². The molecule has 0 fully saturated rings. The Morgan fingerprint density at radius 2 is 2.36 bits per heavy atom. The van der Waals surface area contributed by atoms with E-state index in [4.69, 9.17) is 0 Å². The fourth-order valence-electron chi connectivity index (χ4n) is 1.83. The molecule has 1 aliphatic rings. The maximum absolute atomic E-state index is 2.37. The number of hydrogen-bond donors (Lipinski definition) is 0. The second-order valence-corrected chi connectivity index (χ2v) is 3.09. The first-order valence-electron chi connectivity index (χ1n) is 4.36. The van der Waals surface area contributed by atoms with Crippen LogP contribution in [0.2, 0.25) is 6.32 Å². The summed E-state index contributed by atoms with van der Waals surface area (Å²) in [4.78, 5) is 0. The summed E-state index contributed by atoms with van der Waals surface area (Å²) in [5.74, 6) is 0. The topological polar surface area (TPSA) is 0 Å². The monoisotopic (exact) mass is 143 g/mol. The lowest BCUT2D eigenvalue weighted by atomic mass is 9.70. The van der Waals surface area contributed by atoms with E-state index >= 15 is 0 Å². The molecule has 55 valence electrons. The molecule has 0 aliphatic carbocycles. The molecule has 0 nitrogen and oxygen atoms in total. The van der Waals surface area contributed by atoms with E-state index in [2.05, 4.69) is 32.4 Å². The lowest BCUT2D eigenvalue weighted by Crippen LogP contribution is -2.15. The van der Waals surface area contributed by atoms with Crippen LogP contribution < -0.4 is 5.46 Å². The quantitative estimate of drug-likeness (QED) is 0.523. The van der Waals surface area contributed by atoms with Crippen LogP contribution in [0.3, 0.4) is 0 Å². The molecule has 2 rings (SSSR count). The molecule has 1 heteroatoms. The molecule has 1 aromatic carbocycles. The molecule has 0 aromatic heterocycles. The largest absolute Gasteiger partial charge is 0.152 e. The Morgan fingerprint density at radius 1 is 1.45 bits per heavy atom. The number of hydrogen-bond acceptors (Lipinski definition) is 0. The van der Waals surface area contributed by atoms with Crippen molar-refractivity contribution in [2.24, 2.45) is 0 Å². The minimum atomic E-state index is 1.17. The Morgan fingerprint density at radius 3 is 3.18 bits per heavy atom. The maximum Gasteiger partial charge on any atom is 0.152 e. The highest BCUT2D eigenvalue weighted by Gasteiger charge is 2.13. The molecule has 0 saturated carbocycles. The van der Waals surface area contributed by atoms with Crippen LogP contribution in [-0.4, -0.2) is 7.28 Å². The SMILES string of the molecule is CCc1cccc2c1[B]CC2. The molecule has 11 heavy (non-hydrogen) atoms. The molecule has 1 aliphatic heterocycles. The molecular weight excluding hydrogens is 131 g/mol. The van der Waals surface area contributed by atoms with Gasteiger partial charge in [0.2, 0.25) is 0 Å². The van der Waals surface area contributed by atoms with Gasteiger partial charge < -0.3 is 0 Å². The van der Waals surface area contributed by atoms with Gasteiger partial charge >= 0.3 is 0 Å². The lowest BCUT2D eigenvalue weighted by molar-refractivity contribution is 1.13. The van der Waals surface area contributed by atoms with Gasteiger partial charge in [-0.15, -0.1) is 0 Å². The first-order chi connectivity index (χ1) is 5.42. The number of rotatable bonds is 1. The lowest BCUT2D eigenvalue weighted by Gasteiger charge is -2.04. The minimum Gasteiger partial charge on any atom is -0.0816 e. The number of fused-ring (bicyclic) bond motifs is 1. The Kier molecular flexibility index (Phi) is 1.73. The molecule has 0 unspecified atom stereocenters. The second-order valence-electron chi connectivity index (χ2n) is 3.09. The molecular formula is C10H12B. The highest BCUT2D eigenvalue weighted by molar-refractivity contribution is 6.56. The van der Waals surface area contributed by atoms with Gasteiger partial charge in [-0.1, -0.05) is 48.0 Å². The molecule has 0 bridgehead atoms. The second kappa shape index (κ2) is 2.73. The fraction of sp³-hybridized carbons (Fsp3) is 0.400. The molecule has 0 spiro atoms. The van der Waals surface area contributed by atoms with Crippen molar-refractivity contribution in [3.05, 3.63) is 29.3 Å². The van der Waals surface area contributed by atoms with Gasteiger partial charge in [0.05, 0.1) is 0 Å². The third-order valence-corrected chi connectivity index (χ3v) is 2.43. The van der Waals surface area contributed by atoms with E-state index in [0.717, 1.165) is 0 Å². The third kappa shape index (κ3) is 1.09. The van der Waals surface area contributed by atoms with Crippen LogP contribution in [0.15, 0.2) is 18.2 Å². The molecule has 0 saturated heterocycles. The van der Waals surface area contributed by atoms with Crippen molar-refractivity contribution in [3.8, 4) is 0 Å². The summed E-state index contributed by atoms with van der Waals surface area (Å²) < 4.78 is 0. The summed E-state index contributed by atoms with van der Waals surface area (Å²) in [7, 11) is 2.37. The van der Waals surface area contributed by atoms with Gasteiger partial charge in [-0.25, -0.2) is 0 Å². The van der Waals surface area contributed by atoms with Crippen molar-refractivity contribution in [1.29, 1.82) is 0 Å². The Balaban J connectivity index is 2.50. The zero-order valence-corrected chi connectivity index (χ0v) is 6.93. The first kappa shape index (κ1) is 6.96. The summed E-state index contributed by atoms with van der Waals surface area (Å²) in [5.41, 5.74) is 4.58. The van der Waals surface area contributed by atoms with Gasteiger partial charge in [0.1, 0.15) is 0 Å². The van der Waals surface area contributed by atoms with Crippen molar-refractivity contribution >= 4 is 12.7 Å². The van der Waals surface area contributed by atoms with E-state index in [1.54, 1.807) is 5.56 Å². The van der Waals surface area contributed by atoms with Gasteiger partial charge in [0, 0.05) is 0 Å². The van der Waals surface area contributed by atoms with Crippen LogP contribution in [0.4, 0.5) is 0 Å². The molecule has 0 atom stereocenters. The van der Waals surface area contributed by atoms with Crippen LogP contribution in [0.25, 0.3) is 0 Å². The summed E-state index contributed by atoms with van der Waals surface area (Å²) in [5, 5.41) is 0. The smallest absolute Gasteiger partial charge is 0.0816 e. The van der Waals surface area contributed by atoms with Crippen molar-refractivity contribution in [1.82, 2.24) is 0 Å².